The van der Waals surface area contributed by atoms with Crippen molar-refractivity contribution in [1.29, 1.82) is 0 Å². The van der Waals surface area contributed by atoms with Crippen LogP contribution < -0.4 is 0 Å². The number of hydrogen-bond acceptors (Lipinski definition) is 5. The van der Waals surface area contributed by atoms with Gasteiger partial charge in [-0.3, -0.25) is 9.88 Å². The summed E-state index contributed by atoms with van der Waals surface area (Å²) in [6, 6.07) is 4.63. The molecule has 5 heteroatoms. The molecule has 2 saturated heterocycles. The standard InChI is InChI=1S/C15H19N3O2/c1-2-12(9-16-5-1)14-8-15(20-17-14)3-6-18(7-4-15)13-10-19-11-13/h1-2,5,9,13H,3-4,6-8,10-11H2. The number of hydrogen-bond donors (Lipinski definition) is 0. The Labute approximate surface area is 118 Å². The van der Waals surface area contributed by atoms with Crippen LogP contribution in [0, 0.1) is 0 Å². The van der Waals surface area contributed by atoms with Gasteiger partial charge in [-0.15, -0.1) is 0 Å². The van der Waals surface area contributed by atoms with Gasteiger partial charge in [0.05, 0.1) is 25.0 Å². The van der Waals surface area contributed by atoms with Gasteiger partial charge in [-0.05, 0) is 12.1 Å². The molecule has 0 aliphatic carbocycles. The van der Waals surface area contributed by atoms with Gasteiger partial charge < -0.3 is 9.57 Å². The van der Waals surface area contributed by atoms with E-state index < -0.39 is 0 Å². The van der Waals surface area contributed by atoms with Crippen molar-refractivity contribution in [3.63, 3.8) is 0 Å². The van der Waals surface area contributed by atoms with Gasteiger partial charge in [0.25, 0.3) is 0 Å². The second kappa shape index (κ2) is 4.82. The highest BCUT2D eigenvalue weighted by Gasteiger charge is 2.44. The van der Waals surface area contributed by atoms with E-state index in [9.17, 15) is 0 Å². The first-order valence-electron chi connectivity index (χ1n) is 7.32. The van der Waals surface area contributed by atoms with Crippen LogP contribution in [0.1, 0.15) is 24.8 Å². The minimum Gasteiger partial charge on any atom is -0.388 e. The van der Waals surface area contributed by atoms with Gasteiger partial charge in [0, 0.05) is 50.3 Å². The molecule has 0 saturated carbocycles. The Morgan fingerprint density at radius 3 is 2.75 bits per heavy atom. The van der Waals surface area contributed by atoms with E-state index in [2.05, 4.69) is 21.1 Å². The van der Waals surface area contributed by atoms with E-state index in [1.54, 1.807) is 6.20 Å². The molecule has 3 aliphatic heterocycles. The minimum atomic E-state index is -0.0771. The van der Waals surface area contributed by atoms with Gasteiger partial charge in [0.15, 0.2) is 0 Å². The zero-order valence-electron chi connectivity index (χ0n) is 11.5. The number of piperidine rings is 1. The number of oxime groups is 1. The summed E-state index contributed by atoms with van der Waals surface area (Å²) in [4.78, 5) is 12.5. The molecule has 0 amide bonds. The van der Waals surface area contributed by atoms with Gasteiger partial charge in [0.2, 0.25) is 0 Å². The lowest BCUT2D eigenvalue weighted by Gasteiger charge is -2.43. The Morgan fingerprint density at radius 2 is 2.10 bits per heavy atom. The van der Waals surface area contributed by atoms with Crippen molar-refractivity contribution in [3.05, 3.63) is 30.1 Å². The smallest absolute Gasteiger partial charge is 0.145 e. The lowest BCUT2D eigenvalue weighted by Crippen LogP contribution is -2.55. The normalized spacial score (nSPS) is 26.1. The van der Waals surface area contributed by atoms with Crippen molar-refractivity contribution in [1.82, 2.24) is 9.88 Å². The molecular formula is C15H19N3O2. The number of likely N-dealkylation sites (tertiary alicyclic amines) is 1. The predicted molar refractivity (Wildman–Crippen MR) is 74.6 cm³/mol. The molecule has 0 aromatic carbocycles. The van der Waals surface area contributed by atoms with Crippen molar-refractivity contribution >= 4 is 5.71 Å². The van der Waals surface area contributed by atoms with E-state index in [1.807, 2.05) is 12.3 Å². The fourth-order valence-electron chi connectivity index (χ4n) is 3.21. The maximum Gasteiger partial charge on any atom is 0.145 e. The Balaban J connectivity index is 1.40. The van der Waals surface area contributed by atoms with E-state index in [0.717, 1.165) is 56.8 Å². The monoisotopic (exact) mass is 273 g/mol. The van der Waals surface area contributed by atoms with Crippen LogP contribution >= 0.6 is 0 Å². The molecule has 20 heavy (non-hydrogen) atoms. The van der Waals surface area contributed by atoms with Crippen molar-refractivity contribution < 1.29 is 9.57 Å². The number of rotatable bonds is 2. The highest BCUT2D eigenvalue weighted by molar-refractivity contribution is 6.01. The minimum absolute atomic E-state index is 0.0771. The molecule has 0 unspecified atom stereocenters. The van der Waals surface area contributed by atoms with Crippen LogP contribution in [0.5, 0.6) is 0 Å². The molecule has 0 N–H and O–H groups in total. The lowest BCUT2D eigenvalue weighted by atomic mass is 9.85. The third-order valence-corrected chi connectivity index (χ3v) is 4.68. The predicted octanol–water partition coefficient (Wildman–Crippen LogP) is 1.44. The van der Waals surface area contributed by atoms with Gasteiger partial charge in [-0.2, -0.15) is 0 Å². The average Bonchev–Trinajstić information content (AvgIpc) is 2.85. The lowest BCUT2D eigenvalue weighted by molar-refractivity contribution is -0.110. The third-order valence-electron chi connectivity index (χ3n) is 4.68. The molecule has 0 atom stereocenters. The van der Waals surface area contributed by atoms with Crippen molar-refractivity contribution in [2.24, 2.45) is 5.16 Å². The largest absolute Gasteiger partial charge is 0.388 e. The molecule has 4 rings (SSSR count). The van der Waals surface area contributed by atoms with Gasteiger partial charge in [0.1, 0.15) is 5.60 Å². The van der Waals surface area contributed by atoms with Crippen molar-refractivity contribution in [3.8, 4) is 0 Å². The first-order chi connectivity index (χ1) is 9.85. The summed E-state index contributed by atoms with van der Waals surface area (Å²) in [5.74, 6) is 0. The SMILES string of the molecule is c1cncc(C2=NOC3(CCN(C4COC4)CC3)C2)c1. The fraction of sp³-hybridized carbons (Fsp3) is 0.600. The zero-order chi connectivity index (χ0) is 13.4. The number of aromatic nitrogens is 1. The molecule has 4 heterocycles. The zero-order valence-corrected chi connectivity index (χ0v) is 11.5. The molecular weight excluding hydrogens is 254 g/mol. The van der Waals surface area contributed by atoms with E-state index in [0.29, 0.717) is 6.04 Å². The summed E-state index contributed by atoms with van der Waals surface area (Å²) in [6.45, 7) is 3.96. The summed E-state index contributed by atoms with van der Waals surface area (Å²) in [6.07, 6.45) is 6.66. The molecule has 2 fully saturated rings. The maximum absolute atomic E-state index is 5.83. The van der Waals surface area contributed by atoms with E-state index in [-0.39, 0.29) is 5.60 Å². The average molecular weight is 273 g/mol. The van der Waals surface area contributed by atoms with E-state index in [1.165, 1.54) is 0 Å². The molecule has 1 aromatic rings. The third kappa shape index (κ3) is 2.11. The molecule has 1 aromatic heterocycles. The van der Waals surface area contributed by atoms with Crippen LogP contribution in [0.15, 0.2) is 29.7 Å². The van der Waals surface area contributed by atoms with Gasteiger partial charge >= 0.3 is 0 Å². The molecule has 5 nitrogen and oxygen atoms in total. The Hall–Kier alpha value is -1.46. The van der Waals surface area contributed by atoms with Crippen LogP contribution in [0.4, 0.5) is 0 Å². The fourth-order valence-corrected chi connectivity index (χ4v) is 3.21. The second-order valence-corrected chi connectivity index (χ2v) is 5.96. The van der Waals surface area contributed by atoms with Gasteiger partial charge in [-0.25, -0.2) is 0 Å². The molecule has 106 valence electrons. The van der Waals surface area contributed by atoms with E-state index in [4.69, 9.17) is 9.57 Å². The number of pyridine rings is 1. The number of ether oxygens (including phenoxy) is 1. The Bertz CT molecular complexity index is 505. The van der Waals surface area contributed by atoms with Crippen LogP contribution in [0.25, 0.3) is 0 Å². The van der Waals surface area contributed by atoms with Crippen LogP contribution in [0.2, 0.25) is 0 Å². The molecule has 0 radical (unpaired) electrons. The van der Waals surface area contributed by atoms with Crippen molar-refractivity contribution in [2.75, 3.05) is 26.3 Å². The summed E-state index contributed by atoms with van der Waals surface area (Å²) >= 11 is 0. The summed E-state index contributed by atoms with van der Waals surface area (Å²) in [5.41, 5.74) is 2.05. The second-order valence-electron chi connectivity index (χ2n) is 5.96. The maximum atomic E-state index is 5.83. The van der Waals surface area contributed by atoms with Crippen LogP contribution in [-0.4, -0.2) is 53.5 Å². The molecule has 0 bridgehead atoms. The highest BCUT2D eigenvalue weighted by atomic mass is 16.7. The van der Waals surface area contributed by atoms with Crippen LogP contribution in [-0.2, 0) is 9.57 Å². The topological polar surface area (TPSA) is 47.0 Å². The summed E-state index contributed by atoms with van der Waals surface area (Å²) in [5, 5.41) is 4.32. The molecule has 3 aliphatic rings. The Morgan fingerprint density at radius 1 is 1.25 bits per heavy atom. The quantitative estimate of drug-likeness (QED) is 0.818. The van der Waals surface area contributed by atoms with Gasteiger partial charge in [-0.1, -0.05) is 5.16 Å². The first-order valence-corrected chi connectivity index (χ1v) is 7.32. The molecule has 1 spiro atoms. The Kier molecular flexibility index (Phi) is 2.97. The first kappa shape index (κ1) is 12.3. The summed E-state index contributed by atoms with van der Waals surface area (Å²) in [7, 11) is 0. The summed E-state index contributed by atoms with van der Waals surface area (Å²) < 4.78 is 5.28. The van der Waals surface area contributed by atoms with E-state index >= 15 is 0 Å². The highest BCUT2D eigenvalue weighted by Crippen LogP contribution is 2.36. The number of nitrogens with zero attached hydrogens (tertiary/aromatic N) is 3. The van der Waals surface area contributed by atoms with Crippen LogP contribution in [0.3, 0.4) is 0 Å². The van der Waals surface area contributed by atoms with Crippen molar-refractivity contribution in [2.45, 2.75) is 30.9 Å².